The van der Waals surface area contributed by atoms with Gasteiger partial charge in [0.15, 0.2) is 0 Å². The maximum atomic E-state index is 12.3. The molecule has 22 heavy (non-hydrogen) atoms. The van der Waals surface area contributed by atoms with Crippen LogP contribution in [0, 0.1) is 5.92 Å². The van der Waals surface area contributed by atoms with Gasteiger partial charge in [-0.1, -0.05) is 38.1 Å². The standard InChI is InChI=1S/C18H27N3O/c1-13(2)16-11-17(15-6-4-3-5-14(15)16)20-12-18(22)21-9-7-19-8-10-21/h3-6,13,16-17,19-20H,7-12H2,1-2H3. The van der Waals surface area contributed by atoms with Gasteiger partial charge in [-0.15, -0.1) is 0 Å². The fourth-order valence-electron chi connectivity index (χ4n) is 3.73. The molecule has 1 heterocycles. The van der Waals surface area contributed by atoms with Gasteiger partial charge in [-0.25, -0.2) is 0 Å². The first-order valence-corrected chi connectivity index (χ1v) is 8.47. The third-order valence-corrected chi connectivity index (χ3v) is 5.03. The Labute approximate surface area is 133 Å². The van der Waals surface area contributed by atoms with Gasteiger partial charge in [-0.05, 0) is 29.4 Å². The highest BCUT2D eigenvalue weighted by molar-refractivity contribution is 5.78. The Morgan fingerprint density at radius 3 is 2.64 bits per heavy atom. The van der Waals surface area contributed by atoms with E-state index in [1.54, 1.807) is 0 Å². The second kappa shape index (κ2) is 6.80. The molecule has 2 N–H and O–H groups in total. The number of fused-ring (bicyclic) bond motifs is 1. The molecule has 2 atom stereocenters. The van der Waals surface area contributed by atoms with Crippen molar-refractivity contribution >= 4 is 5.91 Å². The topological polar surface area (TPSA) is 44.4 Å². The molecular weight excluding hydrogens is 274 g/mol. The molecule has 0 bridgehead atoms. The van der Waals surface area contributed by atoms with Gasteiger partial charge in [0.25, 0.3) is 0 Å². The van der Waals surface area contributed by atoms with Gasteiger partial charge in [0.1, 0.15) is 0 Å². The zero-order chi connectivity index (χ0) is 15.5. The Bertz CT molecular complexity index is 523. The monoisotopic (exact) mass is 301 g/mol. The smallest absolute Gasteiger partial charge is 0.236 e. The number of nitrogens with zero attached hydrogens (tertiary/aromatic N) is 1. The average molecular weight is 301 g/mol. The van der Waals surface area contributed by atoms with Crippen molar-refractivity contribution in [2.45, 2.75) is 32.2 Å². The lowest BCUT2D eigenvalue weighted by Gasteiger charge is -2.28. The van der Waals surface area contributed by atoms with E-state index in [4.69, 9.17) is 0 Å². The molecule has 1 aliphatic carbocycles. The van der Waals surface area contributed by atoms with Crippen LogP contribution in [0.5, 0.6) is 0 Å². The number of benzene rings is 1. The maximum absolute atomic E-state index is 12.3. The number of carbonyl (C=O) groups is 1. The van der Waals surface area contributed by atoms with Crippen LogP contribution < -0.4 is 10.6 Å². The molecule has 4 nitrogen and oxygen atoms in total. The van der Waals surface area contributed by atoms with Gasteiger partial charge in [0.05, 0.1) is 6.54 Å². The summed E-state index contributed by atoms with van der Waals surface area (Å²) < 4.78 is 0. The van der Waals surface area contributed by atoms with Crippen LogP contribution >= 0.6 is 0 Å². The van der Waals surface area contributed by atoms with Crippen molar-refractivity contribution in [1.29, 1.82) is 0 Å². The van der Waals surface area contributed by atoms with Crippen LogP contribution in [0.4, 0.5) is 0 Å². The summed E-state index contributed by atoms with van der Waals surface area (Å²) in [5, 5.41) is 6.79. The fraction of sp³-hybridized carbons (Fsp3) is 0.611. The normalized spacial score (nSPS) is 24.6. The zero-order valence-electron chi connectivity index (χ0n) is 13.6. The summed E-state index contributed by atoms with van der Waals surface area (Å²) in [6.07, 6.45) is 1.10. The number of carbonyl (C=O) groups excluding carboxylic acids is 1. The zero-order valence-corrected chi connectivity index (χ0v) is 13.6. The highest BCUT2D eigenvalue weighted by Crippen LogP contribution is 2.43. The van der Waals surface area contributed by atoms with Crippen LogP contribution in [0.15, 0.2) is 24.3 Å². The number of rotatable bonds is 4. The van der Waals surface area contributed by atoms with Gasteiger partial charge in [-0.3, -0.25) is 4.79 Å². The summed E-state index contributed by atoms with van der Waals surface area (Å²) in [5.74, 6) is 1.46. The van der Waals surface area contributed by atoms with E-state index < -0.39 is 0 Å². The highest BCUT2D eigenvalue weighted by atomic mass is 16.2. The summed E-state index contributed by atoms with van der Waals surface area (Å²) in [7, 11) is 0. The van der Waals surface area contributed by atoms with Crippen LogP contribution in [0.2, 0.25) is 0 Å². The van der Waals surface area contributed by atoms with E-state index in [9.17, 15) is 4.79 Å². The highest BCUT2D eigenvalue weighted by Gasteiger charge is 2.32. The molecule has 120 valence electrons. The summed E-state index contributed by atoms with van der Waals surface area (Å²) in [6, 6.07) is 9.01. The van der Waals surface area contributed by atoms with Gasteiger partial charge >= 0.3 is 0 Å². The van der Waals surface area contributed by atoms with Gasteiger partial charge in [0.2, 0.25) is 5.91 Å². The van der Waals surface area contributed by atoms with E-state index in [1.165, 1.54) is 11.1 Å². The molecular formula is C18H27N3O. The number of piperazine rings is 1. The first kappa shape index (κ1) is 15.5. The van der Waals surface area contributed by atoms with Crippen molar-refractivity contribution < 1.29 is 4.79 Å². The molecule has 0 spiro atoms. The predicted molar refractivity (Wildman–Crippen MR) is 88.8 cm³/mol. The number of hydrogen-bond acceptors (Lipinski definition) is 3. The number of hydrogen-bond donors (Lipinski definition) is 2. The Hall–Kier alpha value is -1.39. The van der Waals surface area contributed by atoms with Crippen LogP contribution in [0.1, 0.15) is 43.4 Å². The molecule has 2 unspecified atom stereocenters. The lowest BCUT2D eigenvalue weighted by molar-refractivity contribution is -0.130. The van der Waals surface area contributed by atoms with E-state index in [2.05, 4.69) is 48.7 Å². The van der Waals surface area contributed by atoms with E-state index in [0.29, 0.717) is 24.4 Å². The molecule has 0 aromatic heterocycles. The van der Waals surface area contributed by atoms with Crippen molar-refractivity contribution in [1.82, 2.24) is 15.5 Å². The van der Waals surface area contributed by atoms with Gasteiger partial charge < -0.3 is 15.5 Å². The van der Waals surface area contributed by atoms with Crippen LogP contribution in [0.25, 0.3) is 0 Å². The number of nitrogens with one attached hydrogen (secondary N) is 2. The minimum Gasteiger partial charge on any atom is -0.339 e. The molecule has 1 fully saturated rings. The average Bonchev–Trinajstić information content (AvgIpc) is 2.92. The van der Waals surface area contributed by atoms with E-state index >= 15 is 0 Å². The van der Waals surface area contributed by atoms with Crippen molar-refractivity contribution in [2.75, 3.05) is 32.7 Å². The van der Waals surface area contributed by atoms with Crippen molar-refractivity contribution in [3.05, 3.63) is 35.4 Å². The maximum Gasteiger partial charge on any atom is 0.236 e. The molecule has 1 aliphatic heterocycles. The fourth-order valence-corrected chi connectivity index (χ4v) is 3.73. The lowest BCUT2D eigenvalue weighted by atomic mass is 9.90. The third-order valence-electron chi connectivity index (χ3n) is 5.03. The van der Waals surface area contributed by atoms with E-state index in [1.807, 2.05) is 4.90 Å². The molecule has 1 aromatic rings. The van der Waals surface area contributed by atoms with Gasteiger partial charge in [-0.2, -0.15) is 0 Å². The SMILES string of the molecule is CC(C)C1CC(NCC(=O)N2CCNCC2)c2ccccc21. The summed E-state index contributed by atoms with van der Waals surface area (Å²) in [5.41, 5.74) is 2.85. The summed E-state index contributed by atoms with van der Waals surface area (Å²) in [6.45, 7) is 8.50. The predicted octanol–water partition coefficient (Wildman–Crippen LogP) is 1.89. The Morgan fingerprint density at radius 1 is 1.27 bits per heavy atom. The molecule has 1 aromatic carbocycles. The first-order chi connectivity index (χ1) is 10.7. The van der Waals surface area contributed by atoms with Crippen molar-refractivity contribution in [2.24, 2.45) is 5.92 Å². The molecule has 2 aliphatic rings. The van der Waals surface area contributed by atoms with Gasteiger partial charge in [0, 0.05) is 32.2 Å². The largest absolute Gasteiger partial charge is 0.339 e. The summed E-state index contributed by atoms with van der Waals surface area (Å²) >= 11 is 0. The second-order valence-electron chi connectivity index (χ2n) is 6.78. The molecule has 1 amide bonds. The van der Waals surface area contributed by atoms with Crippen LogP contribution in [-0.2, 0) is 4.79 Å². The summed E-state index contributed by atoms with van der Waals surface area (Å²) in [4.78, 5) is 14.3. The molecule has 0 radical (unpaired) electrons. The first-order valence-electron chi connectivity index (χ1n) is 8.47. The molecule has 4 heteroatoms. The number of amides is 1. The Balaban J connectivity index is 1.62. The third kappa shape index (κ3) is 3.18. The van der Waals surface area contributed by atoms with Crippen molar-refractivity contribution in [3.8, 4) is 0 Å². The van der Waals surface area contributed by atoms with Crippen LogP contribution in [-0.4, -0.2) is 43.5 Å². The molecule has 1 saturated heterocycles. The lowest BCUT2D eigenvalue weighted by Crippen LogP contribution is -2.49. The minimum absolute atomic E-state index is 0.229. The minimum atomic E-state index is 0.229. The second-order valence-corrected chi connectivity index (χ2v) is 6.78. The quantitative estimate of drug-likeness (QED) is 0.893. The molecule has 3 rings (SSSR count). The Morgan fingerprint density at radius 2 is 1.95 bits per heavy atom. The molecule has 0 saturated carbocycles. The van der Waals surface area contributed by atoms with Crippen LogP contribution in [0.3, 0.4) is 0 Å². The Kier molecular flexibility index (Phi) is 4.79. The van der Waals surface area contributed by atoms with E-state index in [0.717, 1.165) is 32.6 Å². The van der Waals surface area contributed by atoms with Crippen molar-refractivity contribution in [3.63, 3.8) is 0 Å². The van der Waals surface area contributed by atoms with E-state index in [-0.39, 0.29) is 5.91 Å².